The Morgan fingerprint density at radius 1 is 1.30 bits per heavy atom. The van der Waals surface area contributed by atoms with Crippen molar-refractivity contribution >= 4 is 11.0 Å². The molecule has 106 valence electrons. The summed E-state index contributed by atoms with van der Waals surface area (Å²) in [6, 6.07) is 8.21. The van der Waals surface area contributed by atoms with Crippen molar-refractivity contribution in [2.45, 2.75) is 52.1 Å². The average molecular weight is 269 g/mol. The van der Waals surface area contributed by atoms with Crippen LogP contribution in [-0.4, -0.2) is 5.54 Å². The quantitative estimate of drug-likeness (QED) is 0.792. The summed E-state index contributed by atoms with van der Waals surface area (Å²) in [7, 11) is 0. The molecule has 0 spiro atoms. The molecule has 0 aliphatic carbocycles. The van der Waals surface area contributed by atoms with Crippen LogP contribution in [0.1, 0.15) is 44.9 Å². The molecule has 0 unspecified atom stereocenters. The minimum Gasteiger partial charge on any atom is -0.461 e. The van der Waals surface area contributed by atoms with E-state index in [0.717, 1.165) is 30.7 Å². The molecule has 0 aliphatic rings. The zero-order chi connectivity index (χ0) is 14.6. The summed E-state index contributed by atoms with van der Waals surface area (Å²) in [5.74, 6) is 3.86. The molecule has 0 bridgehead atoms. The first-order valence-electron chi connectivity index (χ1n) is 7.29. The van der Waals surface area contributed by atoms with Crippen molar-refractivity contribution in [2.75, 3.05) is 0 Å². The van der Waals surface area contributed by atoms with E-state index < -0.39 is 0 Å². The minimum atomic E-state index is -0.305. The third-order valence-electron chi connectivity index (χ3n) is 3.61. The Hall–Kier alpha value is -1.72. The van der Waals surface area contributed by atoms with E-state index in [-0.39, 0.29) is 5.54 Å². The molecule has 0 radical (unpaired) electrons. The summed E-state index contributed by atoms with van der Waals surface area (Å²) in [5, 5.41) is 4.62. The number of nitrogens with one attached hydrogen (secondary N) is 1. The highest BCUT2D eigenvalue weighted by Crippen LogP contribution is 2.27. The van der Waals surface area contributed by atoms with Gasteiger partial charge >= 0.3 is 0 Å². The Morgan fingerprint density at radius 3 is 2.75 bits per heavy atom. The first-order chi connectivity index (χ1) is 9.57. The first kappa shape index (κ1) is 14.7. The van der Waals surface area contributed by atoms with Crippen molar-refractivity contribution in [1.29, 1.82) is 0 Å². The van der Waals surface area contributed by atoms with Crippen molar-refractivity contribution in [2.24, 2.45) is 0 Å². The van der Waals surface area contributed by atoms with Gasteiger partial charge in [0.05, 0.1) is 5.54 Å². The van der Waals surface area contributed by atoms with Gasteiger partial charge in [-0.1, -0.05) is 37.5 Å². The number of furan rings is 1. The smallest absolute Gasteiger partial charge is 0.134 e. The number of benzene rings is 1. The second kappa shape index (κ2) is 6.15. The molecule has 0 fully saturated rings. The first-order valence-corrected chi connectivity index (χ1v) is 7.29. The summed E-state index contributed by atoms with van der Waals surface area (Å²) in [5.41, 5.74) is 1.91. The maximum absolute atomic E-state index is 6.01. The molecular formula is C18H23NO. The number of aryl methyl sites for hydroxylation is 1. The van der Waals surface area contributed by atoms with Gasteiger partial charge in [0.1, 0.15) is 11.3 Å². The van der Waals surface area contributed by atoms with E-state index in [2.05, 4.69) is 30.3 Å². The number of para-hydroxylation sites is 1. The fourth-order valence-electron chi connectivity index (χ4n) is 2.24. The van der Waals surface area contributed by atoms with Gasteiger partial charge in [0.2, 0.25) is 0 Å². The lowest BCUT2D eigenvalue weighted by atomic mass is 10.0. The fraction of sp³-hybridized carbons (Fsp3) is 0.444. The predicted octanol–water partition coefficient (Wildman–Crippen LogP) is 4.28. The average Bonchev–Trinajstić information content (AvgIpc) is 2.80. The largest absolute Gasteiger partial charge is 0.461 e. The van der Waals surface area contributed by atoms with Crippen LogP contribution in [0.2, 0.25) is 0 Å². The number of hydrogen-bond acceptors (Lipinski definition) is 2. The summed E-state index contributed by atoms with van der Waals surface area (Å²) < 4.78 is 6.01. The van der Waals surface area contributed by atoms with E-state index in [9.17, 15) is 0 Å². The van der Waals surface area contributed by atoms with Crippen molar-refractivity contribution in [3.05, 3.63) is 35.6 Å². The Morgan fingerprint density at radius 2 is 2.05 bits per heavy atom. The zero-order valence-electron chi connectivity index (χ0n) is 12.6. The lowest BCUT2D eigenvalue weighted by Crippen LogP contribution is -2.37. The molecule has 2 heteroatoms. The standard InChI is InChI=1S/C18H23NO/c1-5-7-11-17-15(13-19-18(3,4)6-2)14-10-8-9-12-16(14)20-17/h2,8-10,12,19H,5,7,11,13H2,1,3-4H3. The van der Waals surface area contributed by atoms with Crippen LogP contribution in [0.4, 0.5) is 0 Å². The van der Waals surface area contributed by atoms with Gasteiger partial charge in [-0.15, -0.1) is 6.42 Å². The molecule has 1 aromatic heterocycles. The van der Waals surface area contributed by atoms with Crippen LogP contribution < -0.4 is 5.32 Å². The number of terminal acetylenes is 1. The third kappa shape index (κ3) is 3.23. The van der Waals surface area contributed by atoms with Gasteiger partial charge in [0.15, 0.2) is 0 Å². The monoisotopic (exact) mass is 269 g/mol. The van der Waals surface area contributed by atoms with E-state index in [4.69, 9.17) is 10.8 Å². The fourth-order valence-corrected chi connectivity index (χ4v) is 2.24. The summed E-state index contributed by atoms with van der Waals surface area (Å²) in [6.07, 6.45) is 8.84. The third-order valence-corrected chi connectivity index (χ3v) is 3.61. The maximum Gasteiger partial charge on any atom is 0.134 e. The second-order valence-electron chi connectivity index (χ2n) is 5.73. The van der Waals surface area contributed by atoms with Crippen molar-refractivity contribution in [3.63, 3.8) is 0 Å². The molecule has 0 aliphatic heterocycles. The highest BCUT2D eigenvalue weighted by molar-refractivity contribution is 5.82. The summed E-state index contributed by atoms with van der Waals surface area (Å²) >= 11 is 0. The molecule has 0 saturated heterocycles. The van der Waals surface area contributed by atoms with Crippen LogP contribution in [0.25, 0.3) is 11.0 Å². The van der Waals surface area contributed by atoms with Gasteiger partial charge in [0.25, 0.3) is 0 Å². The Balaban J connectivity index is 2.31. The highest BCUT2D eigenvalue weighted by atomic mass is 16.3. The van der Waals surface area contributed by atoms with Crippen molar-refractivity contribution in [3.8, 4) is 12.3 Å². The van der Waals surface area contributed by atoms with Crippen LogP contribution in [0.3, 0.4) is 0 Å². The molecule has 0 amide bonds. The molecule has 0 saturated carbocycles. The van der Waals surface area contributed by atoms with Crippen LogP contribution in [0.5, 0.6) is 0 Å². The van der Waals surface area contributed by atoms with Gasteiger partial charge in [-0.25, -0.2) is 0 Å². The molecular weight excluding hydrogens is 246 g/mol. The second-order valence-corrected chi connectivity index (χ2v) is 5.73. The van der Waals surface area contributed by atoms with E-state index in [1.54, 1.807) is 0 Å². The van der Waals surface area contributed by atoms with Gasteiger partial charge in [-0.3, -0.25) is 5.32 Å². The van der Waals surface area contributed by atoms with Crippen molar-refractivity contribution < 1.29 is 4.42 Å². The van der Waals surface area contributed by atoms with E-state index in [1.165, 1.54) is 17.4 Å². The number of rotatable bonds is 6. The Bertz CT molecular complexity index is 616. The SMILES string of the molecule is C#CC(C)(C)NCc1c(CCCC)oc2ccccc12. The van der Waals surface area contributed by atoms with E-state index in [0.29, 0.717) is 0 Å². The summed E-state index contributed by atoms with van der Waals surface area (Å²) in [6.45, 7) is 6.97. The van der Waals surface area contributed by atoms with Crippen LogP contribution in [-0.2, 0) is 13.0 Å². The molecule has 1 heterocycles. The van der Waals surface area contributed by atoms with Gasteiger partial charge < -0.3 is 4.42 Å². The normalized spacial score (nSPS) is 11.7. The van der Waals surface area contributed by atoms with Gasteiger partial charge in [-0.05, 0) is 26.3 Å². The predicted molar refractivity (Wildman–Crippen MR) is 84.6 cm³/mol. The van der Waals surface area contributed by atoms with Crippen LogP contribution in [0.15, 0.2) is 28.7 Å². The molecule has 0 atom stereocenters. The number of fused-ring (bicyclic) bond motifs is 1. The number of hydrogen-bond donors (Lipinski definition) is 1. The van der Waals surface area contributed by atoms with Gasteiger partial charge in [-0.2, -0.15) is 0 Å². The van der Waals surface area contributed by atoms with Gasteiger partial charge in [0, 0.05) is 23.9 Å². The van der Waals surface area contributed by atoms with Crippen LogP contribution in [0, 0.1) is 12.3 Å². The molecule has 1 aromatic carbocycles. The lowest BCUT2D eigenvalue weighted by molar-refractivity contribution is 0.477. The topological polar surface area (TPSA) is 25.2 Å². The summed E-state index contributed by atoms with van der Waals surface area (Å²) in [4.78, 5) is 0. The molecule has 20 heavy (non-hydrogen) atoms. The highest BCUT2D eigenvalue weighted by Gasteiger charge is 2.17. The molecule has 2 nitrogen and oxygen atoms in total. The molecule has 2 aromatic rings. The number of unbranched alkanes of at least 4 members (excludes halogenated alkanes) is 1. The Kier molecular flexibility index (Phi) is 4.52. The maximum atomic E-state index is 6.01. The molecule has 1 N–H and O–H groups in total. The molecule has 2 rings (SSSR count). The van der Waals surface area contributed by atoms with Crippen molar-refractivity contribution in [1.82, 2.24) is 5.32 Å². The minimum absolute atomic E-state index is 0.305. The lowest BCUT2D eigenvalue weighted by Gasteiger charge is -2.19. The van der Waals surface area contributed by atoms with E-state index >= 15 is 0 Å². The van der Waals surface area contributed by atoms with E-state index in [1.807, 2.05) is 26.0 Å². The Labute approximate surface area is 121 Å². The van der Waals surface area contributed by atoms with Crippen LogP contribution >= 0.6 is 0 Å². The zero-order valence-corrected chi connectivity index (χ0v) is 12.6.